The lowest BCUT2D eigenvalue weighted by Gasteiger charge is -2.12. The standard InChI is InChI=1S/C20H19F3O3/c1-2-3-4-15-13-18(9-5-14(15)6-12-19(24)25)26-17-10-7-16(8-11-17)20(21,22)23/h5-13H,2-4H2,1H3,(H,24,25)/b12-6+. The molecule has 0 aliphatic carbocycles. The molecule has 0 aliphatic rings. The Labute approximate surface area is 149 Å². The number of carboxylic acids is 1. The summed E-state index contributed by atoms with van der Waals surface area (Å²) >= 11 is 0. The number of hydrogen-bond donors (Lipinski definition) is 1. The van der Waals surface area contributed by atoms with E-state index in [1.54, 1.807) is 18.2 Å². The highest BCUT2D eigenvalue weighted by Gasteiger charge is 2.30. The van der Waals surface area contributed by atoms with Crippen LogP contribution in [0.25, 0.3) is 6.08 Å². The SMILES string of the molecule is CCCCc1cc(Oc2ccc(C(F)(F)F)cc2)ccc1/C=C/C(=O)O. The minimum Gasteiger partial charge on any atom is -0.478 e. The molecule has 1 N–H and O–H groups in total. The molecule has 0 aliphatic heterocycles. The maximum Gasteiger partial charge on any atom is 0.416 e. The van der Waals surface area contributed by atoms with E-state index in [2.05, 4.69) is 6.92 Å². The Hall–Kier alpha value is -2.76. The Bertz CT molecular complexity index is 778. The predicted molar refractivity (Wildman–Crippen MR) is 93.2 cm³/mol. The molecule has 0 saturated heterocycles. The molecule has 0 radical (unpaired) electrons. The van der Waals surface area contributed by atoms with E-state index in [0.29, 0.717) is 11.5 Å². The molecule has 26 heavy (non-hydrogen) atoms. The van der Waals surface area contributed by atoms with E-state index < -0.39 is 17.7 Å². The zero-order chi connectivity index (χ0) is 19.2. The fourth-order valence-corrected chi connectivity index (χ4v) is 2.40. The molecule has 0 fully saturated rings. The summed E-state index contributed by atoms with van der Waals surface area (Å²) in [6.07, 6.45) is 0.865. The topological polar surface area (TPSA) is 46.5 Å². The molecule has 138 valence electrons. The van der Waals surface area contributed by atoms with Gasteiger partial charge in [0, 0.05) is 6.08 Å². The lowest BCUT2D eigenvalue weighted by atomic mass is 10.0. The van der Waals surface area contributed by atoms with Crippen LogP contribution in [0.5, 0.6) is 11.5 Å². The third-order valence-electron chi connectivity index (χ3n) is 3.74. The van der Waals surface area contributed by atoms with Crippen LogP contribution in [-0.2, 0) is 17.4 Å². The van der Waals surface area contributed by atoms with Crippen molar-refractivity contribution in [3.05, 3.63) is 65.2 Å². The second-order valence-corrected chi connectivity index (χ2v) is 5.76. The molecule has 3 nitrogen and oxygen atoms in total. The summed E-state index contributed by atoms with van der Waals surface area (Å²) in [4.78, 5) is 10.7. The molecule has 0 spiro atoms. The smallest absolute Gasteiger partial charge is 0.416 e. The highest BCUT2D eigenvalue weighted by Crippen LogP contribution is 2.32. The minimum atomic E-state index is -4.38. The Morgan fingerprint density at radius 2 is 1.77 bits per heavy atom. The van der Waals surface area contributed by atoms with Crippen molar-refractivity contribution in [2.45, 2.75) is 32.4 Å². The number of halogens is 3. The van der Waals surface area contributed by atoms with Gasteiger partial charge in [0.1, 0.15) is 11.5 Å². The van der Waals surface area contributed by atoms with Gasteiger partial charge in [-0.3, -0.25) is 0 Å². The van der Waals surface area contributed by atoms with Crippen LogP contribution in [0.3, 0.4) is 0 Å². The van der Waals surface area contributed by atoms with Crippen LogP contribution in [0.1, 0.15) is 36.5 Å². The molecule has 2 aromatic rings. The number of carbonyl (C=O) groups is 1. The highest BCUT2D eigenvalue weighted by molar-refractivity contribution is 5.85. The van der Waals surface area contributed by atoms with Crippen molar-refractivity contribution in [3.8, 4) is 11.5 Å². The van der Waals surface area contributed by atoms with E-state index in [-0.39, 0.29) is 0 Å². The first-order valence-corrected chi connectivity index (χ1v) is 8.18. The van der Waals surface area contributed by atoms with Crippen LogP contribution >= 0.6 is 0 Å². The zero-order valence-electron chi connectivity index (χ0n) is 14.2. The van der Waals surface area contributed by atoms with E-state index in [1.807, 2.05) is 0 Å². The molecule has 0 aromatic heterocycles. The lowest BCUT2D eigenvalue weighted by Crippen LogP contribution is -2.04. The third kappa shape index (κ3) is 5.65. The Balaban J connectivity index is 2.22. The van der Waals surface area contributed by atoms with Gasteiger partial charge in [-0.2, -0.15) is 13.2 Å². The van der Waals surface area contributed by atoms with E-state index in [1.165, 1.54) is 18.2 Å². The van der Waals surface area contributed by atoms with Crippen molar-refractivity contribution >= 4 is 12.0 Å². The second kappa shape index (κ2) is 8.56. The van der Waals surface area contributed by atoms with Crippen LogP contribution in [-0.4, -0.2) is 11.1 Å². The van der Waals surface area contributed by atoms with Gasteiger partial charge in [0.15, 0.2) is 0 Å². The van der Waals surface area contributed by atoms with Crippen molar-refractivity contribution in [2.75, 3.05) is 0 Å². The minimum absolute atomic E-state index is 0.299. The summed E-state index contributed by atoms with van der Waals surface area (Å²) in [6, 6.07) is 9.67. The molecule has 2 aromatic carbocycles. The third-order valence-corrected chi connectivity index (χ3v) is 3.74. The number of aryl methyl sites for hydroxylation is 1. The average molecular weight is 364 g/mol. The summed E-state index contributed by atoms with van der Waals surface area (Å²) in [7, 11) is 0. The summed E-state index contributed by atoms with van der Waals surface area (Å²) < 4.78 is 43.4. The van der Waals surface area contributed by atoms with Crippen LogP contribution in [0, 0.1) is 0 Å². The molecule has 0 atom stereocenters. The van der Waals surface area contributed by atoms with Gasteiger partial charge in [0.05, 0.1) is 5.56 Å². The number of hydrogen-bond acceptors (Lipinski definition) is 2. The first-order chi connectivity index (χ1) is 12.3. The molecule has 6 heteroatoms. The van der Waals surface area contributed by atoms with Crippen molar-refractivity contribution < 1.29 is 27.8 Å². The summed E-state index contributed by atoms with van der Waals surface area (Å²) in [6.45, 7) is 2.05. The molecule has 0 unspecified atom stereocenters. The van der Waals surface area contributed by atoms with Gasteiger partial charge >= 0.3 is 12.1 Å². The number of alkyl halides is 3. The number of unbranched alkanes of at least 4 members (excludes halogenated alkanes) is 1. The van der Waals surface area contributed by atoms with Crippen LogP contribution in [0.2, 0.25) is 0 Å². The number of ether oxygens (including phenoxy) is 1. The van der Waals surface area contributed by atoms with Gasteiger partial charge in [-0.15, -0.1) is 0 Å². The molecular weight excluding hydrogens is 345 g/mol. The quantitative estimate of drug-likeness (QED) is 0.619. The first kappa shape index (κ1) is 19.6. The second-order valence-electron chi connectivity index (χ2n) is 5.76. The molecule has 2 rings (SSSR count). The van der Waals surface area contributed by atoms with Crippen LogP contribution in [0.4, 0.5) is 13.2 Å². The lowest BCUT2D eigenvalue weighted by molar-refractivity contribution is -0.137. The first-order valence-electron chi connectivity index (χ1n) is 8.18. The summed E-state index contributed by atoms with van der Waals surface area (Å²) in [5.41, 5.74) is 0.969. The zero-order valence-corrected chi connectivity index (χ0v) is 14.2. The molecule has 0 amide bonds. The number of carboxylic acid groups (broad SMARTS) is 1. The van der Waals surface area contributed by atoms with Crippen LogP contribution < -0.4 is 4.74 Å². The van der Waals surface area contributed by atoms with Crippen molar-refractivity contribution in [1.82, 2.24) is 0 Å². The van der Waals surface area contributed by atoms with Gasteiger partial charge in [0.25, 0.3) is 0 Å². The van der Waals surface area contributed by atoms with Gasteiger partial charge in [-0.1, -0.05) is 19.4 Å². The monoisotopic (exact) mass is 364 g/mol. The largest absolute Gasteiger partial charge is 0.478 e. The fraction of sp³-hybridized carbons (Fsp3) is 0.250. The molecular formula is C20H19F3O3. The maximum absolute atomic E-state index is 12.6. The number of benzene rings is 2. The fourth-order valence-electron chi connectivity index (χ4n) is 2.40. The average Bonchev–Trinajstić information content (AvgIpc) is 2.58. The normalized spacial score (nSPS) is 11.7. The van der Waals surface area contributed by atoms with Gasteiger partial charge in [-0.25, -0.2) is 4.79 Å². The Kier molecular flexibility index (Phi) is 6.44. The van der Waals surface area contributed by atoms with E-state index in [4.69, 9.17) is 9.84 Å². The van der Waals surface area contributed by atoms with Crippen LogP contribution in [0.15, 0.2) is 48.5 Å². The van der Waals surface area contributed by atoms with E-state index in [9.17, 15) is 18.0 Å². The van der Waals surface area contributed by atoms with Crippen molar-refractivity contribution in [1.29, 1.82) is 0 Å². The molecule has 0 bridgehead atoms. The highest BCUT2D eigenvalue weighted by atomic mass is 19.4. The van der Waals surface area contributed by atoms with Gasteiger partial charge < -0.3 is 9.84 Å². The predicted octanol–water partition coefficient (Wildman–Crippen LogP) is 5.94. The number of rotatable bonds is 7. The molecule has 0 heterocycles. The van der Waals surface area contributed by atoms with Crippen molar-refractivity contribution in [2.24, 2.45) is 0 Å². The van der Waals surface area contributed by atoms with E-state index in [0.717, 1.165) is 48.6 Å². The summed E-state index contributed by atoms with van der Waals surface area (Å²) in [5.74, 6) is -0.242. The Morgan fingerprint density at radius 3 is 2.35 bits per heavy atom. The van der Waals surface area contributed by atoms with Crippen molar-refractivity contribution in [3.63, 3.8) is 0 Å². The Morgan fingerprint density at radius 1 is 1.12 bits per heavy atom. The number of aliphatic carboxylic acids is 1. The summed E-state index contributed by atoms with van der Waals surface area (Å²) in [5, 5.41) is 8.78. The van der Waals surface area contributed by atoms with Gasteiger partial charge in [-0.05, 0) is 66.4 Å². The molecule has 0 saturated carbocycles. The van der Waals surface area contributed by atoms with Gasteiger partial charge in [0.2, 0.25) is 0 Å². The van der Waals surface area contributed by atoms with E-state index >= 15 is 0 Å². The maximum atomic E-state index is 12.6.